The monoisotopic (exact) mass is 210 g/mol. The first-order valence-corrected chi connectivity index (χ1v) is 4.38. The molecule has 4 heteroatoms. The van der Waals surface area contributed by atoms with Crippen LogP contribution in [-0.2, 0) is 15.1 Å². The van der Waals surface area contributed by atoms with Gasteiger partial charge >= 0.3 is 0 Å². The van der Waals surface area contributed by atoms with Crippen molar-refractivity contribution in [3.8, 4) is 0 Å². The molecular formula is C11H8F2O2. The Balaban J connectivity index is 2.46. The lowest BCUT2D eigenvalue weighted by molar-refractivity contribution is -0.128. The number of carbonyl (C=O) groups excluding carboxylic acids is 1. The fraction of sp³-hybridized carbons (Fsp3) is 0.182. The van der Waals surface area contributed by atoms with E-state index in [1.54, 1.807) is 0 Å². The molecule has 1 aliphatic heterocycles. The van der Waals surface area contributed by atoms with E-state index < -0.39 is 17.2 Å². The Morgan fingerprint density at radius 2 is 2.00 bits per heavy atom. The van der Waals surface area contributed by atoms with Crippen molar-refractivity contribution in [2.45, 2.75) is 12.5 Å². The second kappa shape index (κ2) is 3.15. The first-order valence-electron chi connectivity index (χ1n) is 4.38. The number of halogens is 2. The molecule has 0 amide bonds. The summed E-state index contributed by atoms with van der Waals surface area (Å²) in [6, 6.07) is 3.29. The molecule has 0 fully saturated rings. The van der Waals surface area contributed by atoms with Crippen LogP contribution in [0, 0.1) is 11.6 Å². The maximum atomic E-state index is 13.0. The van der Waals surface area contributed by atoms with Crippen LogP contribution in [0.4, 0.5) is 8.78 Å². The third-order valence-corrected chi connectivity index (χ3v) is 2.46. The van der Waals surface area contributed by atoms with Crippen molar-refractivity contribution >= 4 is 5.78 Å². The maximum Gasteiger partial charge on any atom is 0.206 e. The number of hydrogen-bond acceptors (Lipinski definition) is 2. The molecule has 1 aliphatic rings. The van der Waals surface area contributed by atoms with Crippen molar-refractivity contribution in [2.75, 3.05) is 0 Å². The van der Waals surface area contributed by atoms with E-state index in [2.05, 4.69) is 0 Å². The van der Waals surface area contributed by atoms with Gasteiger partial charge in [0.15, 0.2) is 17.2 Å². The molecule has 0 N–H and O–H groups in total. The van der Waals surface area contributed by atoms with Crippen molar-refractivity contribution in [1.29, 1.82) is 0 Å². The summed E-state index contributed by atoms with van der Waals surface area (Å²) < 4.78 is 30.8. The minimum absolute atomic E-state index is 0.284. The maximum absolute atomic E-state index is 13.0. The van der Waals surface area contributed by atoms with Gasteiger partial charge in [0.1, 0.15) is 0 Å². The summed E-state index contributed by atoms with van der Waals surface area (Å²) in [5.41, 5.74) is -0.925. The molecule has 0 saturated heterocycles. The van der Waals surface area contributed by atoms with Crippen LogP contribution < -0.4 is 0 Å². The van der Waals surface area contributed by atoms with Gasteiger partial charge in [0, 0.05) is 11.6 Å². The van der Waals surface area contributed by atoms with Crippen molar-refractivity contribution in [3.05, 3.63) is 47.7 Å². The fourth-order valence-corrected chi connectivity index (χ4v) is 1.45. The summed E-state index contributed by atoms with van der Waals surface area (Å²) in [6.07, 6.45) is 2.52. The van der Waals surface area contributed by atoms with E-state index in [-0.39, 0.29) is 5.78 Å². The van der Waals surface area contributed by atoms with Gasteiger partial charge in [-0.05, 0) is 19.1 Å². The van der Waals surface area contributed by atoms with E-state index in [0.29, 0.717) is 5.56 Å². The molecule has 1 aromatic carbocycles. The molecule has 0 radical (unpaired) electrons. The van der Waals surface area contributed by atoms with Crippen LogP contribution in [-0.4, -0.2) is 5.78 Å². The molecule has 1 unspecified atom stereocenters. The van der Waals surface area contributed by atoms with Gasteiger partial charge in [0.05, 0.1) is 6.26 Å². The topological polar surface area (TPSA) is 26.3 Å². The average Bonchev–Trinajstić information content (AvgIpc) is 2.53. The van der Waals surface area contributed by atoms with Crippen LogP contribution in [0.2, 0.25) is 0 Å². The molecule has 0 aliphatic carbocycles. The third kappa shape index (κ3) is 1.42. The molecule has 2 rings (SSSR count). The lowest BCUT2D eigenvalue weighted by Gasteiger charge is -2.22. The molecule has 0 aromatic heterocycles. The zero-order valence-electron chi connectivity index (χ0n) is 7.96. The first-order chi connectivity index (χ1) is 7.04. The molecule has 2 nitrogen and oxygen atoms in total. The highest BCUT2D eigenvalue weighted by atomic mass is 19.2. The summed E-state index contributed by atoms with van der Waals surface area (Å²) in [4.78, 5) is 11.5. The SMILES string of the molecule is CC1(c2ccc(F)c(F)c2)OC=CC1=O. The first kappa shape index (κ1) is 9.83. The molecule has 78 valence electrons. The number of rotatable bonds is 1. The van der Waals surface area contributed by atoms with Crippen LogP contribution in [0.3, 0.4) is 0 Å². The second-order valence-electron chi connectivity index (χ2n) is 3.45. The summed E-state index contributed by atoms with van der Waals surface area (Å²) in [7, 11) is 0. The quantitative estimate of drug-likeness (QED) is 0.710. The van der Waals surface area contributed by atoms with Gasteiger partial charge in [0.25, 0.3) is 0 Å². The van der Waals surface area contributed by atoms with Gasteiger partial charge in [-0.25, -0.2) is 8.78 Å². The molecule has 15 heavy (non-hydrogen) atoms. The van der Waals surface area contributed by atoms with Crippen LogP contribution in [0.5, 0.6) is 0 Å². The lowest BCUT2D eigenvalue weighted by Crippen LogP contribution is -2.29. The van der Waals surface area contributed by atoms with Gasteiger partial charge < -0.3 is 4.74 Å². The Labute approximate surface area is 85.2 Å². The predicted molar refractivity (Wildman–Crippen MR) is 48.9 cm³/mol. The lowest BCUT2D eigenvalue weighted by atomic mass is 9.92. The molecule has 0 spiro atoms. The Kier molecular flexibility index (Phi) is 2.07. The zero-order chi connectivity index (χ0) is 11.1. The van der Waals surface area contributed by atoms with E-state index in [1.165, 1.54) is 25.3 Å². The fourth-order valence-electron chi connectivity index (χ4n) is 1.45. The Hall–Kier alpha value is -1.71. The largest absolute Gasteiger partial charge is 0.482 e. The molecule has 0 saturated carbocycles. The molecule has 0 bridgehead atoms. The van der Waals surface area contributed by atoms with Gasteiger partial charge in [-0.2, -0.15) is 0 Å². The van der Waals surface area contributed by atoms with Gasteiger partial charge in [-0.1, -0.05) is 6.07 Å². The van der Waals surface area contributed by atoms with E-state index in [9.17, 15) is 13.6 Å². The van der Waals surface area contributed by atoms with Gasteiger partial charge in [0.2, 0.25) is 5.78 Å². The minimum Gasteiger partial charge on any atom is -0.482 e. The highest BCUT2D eigenvalue weighted by Crippen LogP contribution is 2.31. The normalized spacial score (nSPS) is 24.3. The Bertz CT molecular complexity index is 454. The minimum atomic E-state index is -1.23. The second-order valence-corrected chi connectivity index (χ2v) is 3.45. The van der Waals surface area contributed by atoms with Crippen LogP contribution in [0.15, 0.2) is 30.5 Å². The number of carbonyl (C=O) groups is 1. The summed E-state index contributed by atoms with van der Waals surface area (Å²) in [5.74, 6) is -2.22. The van der Waals surface area contributed by atoms with Crippen LogP contribution in [0.1, 0.15) is 12.5 Å². The van der Waals surface area contributed by atoms with Crippen molar-refractivity contribution in [3.63, 3.8) is 0 Å². The Morgan fingerprint density at radius 1 is 1.27 bits per heavy atom. The van der Waals surface area contributed by atoms with Crippen molar-refractivity contribution in [1.82, 2.24) is 0 Å². The van der Waals surface area contributed by atoms with E-state index in [0.717, 1.165) is 12.1 Å². The number of ether oxygens (including phenoxy) is 1. The third-order valence-electron chi connectivity index (χ3n) is 2.46. The average molecular weight is 210 g/mol. The standard InChI is InChI=1S/C11H8F2O2/c1-11(10(14)4-5-15-11)7-2-3-8(12)9(13)6-7/h2-6H,1H3. The van der Waals surface area contributed by atoms with E-state index in [4.69, 9.17) is 4.74 Å². The summed E-state index contributed by atoms with van der Waals surface area (Å²) in [5, 5.41) is 0. The van der Waals surface area contributed by atoms with Crippen LogP contribution in [0.25, 0.3) is 0 Å². The highest BCUT2D eigenvalue weighted by molar-refractivity contribution is 5.99. The van der Waals surface area contributed by atoms with Gasteiger partial charge in [-0.3, -0.25) is 4.79 Å². The molecule has 1 atom stereocenters. The van der Waals surface area contributed by atoms with Crippen molar-refractivity contribution < 1.29 is 18.3 Å². The smallest absolute Gasteiger partial charge is 0.206 e. The number of hydrogen-bond donors (Lipinski definition) is 0. The zero-order valence-corrected chi connectivity index (χ0v) is 7.96. The molecule has 1 heterocycles. The Morgan fingerprint density at radius 3 is 2.53 bits per heavy atom. The molecule has 1 aromatic rings. The summed E-state index contributed by atoms with van der Waals surface area (Å²) >= 11 is 0. The number of benzene rings is 1. The summed E-state index contributed by atoms with van der Waals surface area (Å²) in [6.45, 7) is 1.52. The number of ketones is 1. The van der Waals surface area contributed by atoms with E-state index in [1.807, 2.05) is 0 Å². The highest BCUT2D eigenvalue weighted by Gasteiger charge is 2.38. The van der Waals surface area contributed by atoms with E-state index >= 15 is 0 Å². The van der Waals surface area contributed by atoms with Crippen LogP contribution >= 0.6 is 0 Å². The van der Waals surface area contributed by atoms with Crippen molar-refractivity contribution in [2.24, 2.45) is 0 Å². The van der Waals surface area contributed by atoms with Gasteiger partial charge in [-0.15, -0.1) is 0 Å². The predicted octanol–water partition coefficient (Wildman–Crippen LogP) is 2.29. The molecular weight excluding hydrogens is 202 g/mol.